The third kappa shape index (κ3) is 4.30. The number of benzene rings is 1. The first-order valence-corrected chi connectivity index (χ1v) is 8.51. The number of β-amino-alcohol motifs (C(OH)–C–C–N with tert-alkyl or cyclic N) is 1. The second kappa shape index (κ2) is 8.03. The van der Waals surface area contributed by atoms with E-state index in [1.165, 1.54) is 6.07 Å². The van der Waals surface area contributed by atoms with Crippen LogP contribution < -0.4 is 0 Å². The number of nitrogens with zero attached hydrogens (tertiary/aromatic N) is 2. The maximum atomic E-state index is 13.5. The first-order valence-electron chi connectivity index (χ1n) is 8.51. The first kappa shape index (κ1) is 18.8. The van der Waals surface area contributed by atoms with Gasteiger partial charge in [0.2, 0.25) is 0 Å². The van der Waals surface area contributed by atoms with Crippen LogP contribution in [0.25, 0.3) is 0 Å². The van der Waals surface area contributed by atoms with Crippen LogP contribution in [0.5, 0.6) is 0 Å². The van der Waals surface area contributed by atoms with Crippen LogP contribution in [0.4, 0.5) is 8.78 Å². The molecule has 0 aromatic heterocycles. The minimum atomic E-state index is -1.01. The van der Waals surface area contributed by atoms with Crippen LogP contribution in [-0.4, -0.2) is 58.6 Å². The van der Waals surface area contributed by atoms with Crippen molar-refractivity contribution in [3.8, 4) is 0 Å². The Morgan fingerprint density at radius 1 is 1.33 bits per heavy atom. The van der Waals surface area contributed by atoms with Gasteiger partial charge in [0.25, 0.3) is 5.91 Å². The van der Waals surface area contributed by atoms with Crippen LogP contribution in [0.15, 0.2) is 18.2 Å². The zero-order valence-corrected chi connectivity index (χ0v) is 14.5. The number of amides is 1. The van der Waals surface area contributed by atoms with Crippen molar-refractivity contribution in [1.29, 1.82) is 0 Å². The molecule has 1 amide bonds. The molecule has 1 unspecified atom stereocenters. The molecule has 0 radical (unpaired) electrons. The Kier molecular flexibility index (Phi) is 6.29. The quantitative estimate of drug-likeness (QED) is 0.830. The Morgan fingerprint density at radius 3 is 2.50 bits per heavy atom. The standard InChI is InChI=1S/C18H26F2N2O2/c1-4-5-14(9-21-10-15(23)11-21)22(12(2)3)18(24)13-6-7-16(19)17(20)8-13/h6-8,12,14-15,23H,4-5,9-11H2,1-3H3. The highest BCUT2D eigenvalue weighted by Crippen LogP contribution is 2.20. The van der Waals surface area contributed by atoms with E-state index in [1.807, 2.05) is 13.8 Å². The van der Waals surface area contributed by atoms with Crippen LogP contribution in [0, 0.1) is 11.6 Å². The van der Waals surface area contributed by atoms with Gasteiger partial charge in [0, 0.05) is 37.3 Å². The van der Waals surface area contributed by atoms with Crippen molar-refractivity contribution in [2.24, 2.45) is 0 Å². The van der Waals surface area contributed by atoms with Crippen LogP contribution in [0.1, 0.15) is 44.0 Å². The third-order valence-corrected chi connectivity index (χ3v) is 4.38. The van der Waals surface area contributed by atoms with Crippen molar-refractivity contribution in [3.63, 3.8) is 0 Å². The molecule has 1 atom stereocenters. The van der Waals surface area contributed by atoms with Crippen molar-refractivity contribution in [1.82, 2.24) is 9.80 Å². The summed E-state index contributed by atoms with van der Waals surface area (Å²) in [4.78, 5) is 16.7. The third-order valence-electron chi connectivity index (χ3n) is 4.38. The number of rotatable bonds is 7. The van der Waals surface area contributed by atoms with E-state index < -0.39 is 11.6 Å². The van der Waals surface area contributed by atoms with E-state index in [0.29, 0.717) is 19.6 Å². The fraction of sp³-hybridized carbons (Fsp3) is 0.611. The monoisotopic (exact) mass is 340 g/mol. The highest BCUT2D eigenvalue weighted by atomic mass is 19.2. The summed E-state index contributed by atoms with van der Waals surface area (Å²) >= 11 is 0. The van der Waals surface area contributed by atoms with Crippen molar-refractivity contribution in [2.45, 2.75) is 51.8 Å². The number of aliphatic hydroxyl groups excluding tert-OH is 1. The zero-order valence-electron chi connectivity index (χ0n) is 14.5. The van der Waals surface area contributed by atoms with Gasteiger partial charge in [-0.2, -0.15) is 0 Å². The molecule has 1 aliphatic heterocycles. The lowest BCUT2D eigenvalue weighted by atomic mass is 10.0. The van der Waals surface area contributed by atoms with Crippen LogP contribution in [-0.2, 0) is 0 Å². The number of likely N-dealkylation sites (tertiary alicyclic amines) is 1. The highest BCUT2D eigenvalue weighted by Gasteiger charge is 2.32. The van der Waals surface area contributed by atoms with E-state index in [2.05, 4.69) is 11.8 Å². The summed E-state index contributed by atoms with van der Waals surface area (Å²) in [6.07, 6.45) is 1.44. The average Bonchev–Trinajstić information content (AvgIpc) is 2.48. The summed E-state index contributed by atoms with van der Waals surface area (Å²) in [5, 5.41) is 9.45. The number of carbonyl (C=O) groups excluding carboxylic acids is 1. The topological polar surface area (TPSA) is 43.8 Å². The number of aliphatic hydroxyl groups is 1. The van der Waals surface area contributed by atoms with Gasteiger partial charge in [0.05, 0.1) is 6.10 Å². The second-order valence-corrected chi connectivity index (χ2v) is 6.75. The molecule has 1 aromatic carbocycles. The molecule has 0 bridgehead atoms. The lowest BCUT2D eigenvalue weighted by Gasteiger charge is -2.43. The van der Waals surface area contributed by atoms with Crippen molar-refractivity contribution < 1.29 is 18.7 Å². The van der Waals surface area contributed by atoms with E-state index >= 15 is 0 Å². The number of hydrogen-bond acceptors (Lipinski definition) is 3. The van der Waals surface area contributed by atoms with E-state index in [9.17, 15) is 18.7 Å². The van der Waals surface area contributed by atoms with Crippen LogP contribution >= 0.6 is 0 Å². The van der Waals surface area contributed by atoms with Crippen LogP contribution in [0.3, 0.4) is 0 Å². The van der Waals surface area contributed by atoms with E-state index in [4.69, 9.17) is 0 Å². The molecule has 1 aromatic rings. The molecular weight excluding hydrogens is 314 g/mol. The molecule has 4 nitrogen and oxygen atoms in total. The summed E-state index contributed by atoms with van der Waals surface area (Å²) < 4.78 is 26.6. The molecule has 0 saturated carbocycles. The SMILES string of the molecule is CCCC(CN1CC(O)C1)N(C(=O)c1ccc(F)c(F)c1)C(C)C. The maximum Gasteiger partial charge on any atom is 0.254 e. The van der Waals surface area contributed by atoms with E-state index in [0.717, 1.165) is 25.0 Å². The molecule has 0 aliphatic carbocycles. The Hall–Kier alpha value is -1.53. The fourth-order valence-electron chi connectivity index (χ4n) is 3.24. The molecule has 0 spiro atoms. The summed E-state index contributed by atoms with van der Waals surface area (Å²) in [5.74, 6) is -2.26. The van der Waals surface area contributed by atoms with Crippen LogP contribution in [0.2, 0.25) is 0 Å². The number of halogens is 2. The first-order chi connectivity index (χ1) is 11.3. The minimum absolute atomic E-state index is 0.0249. The van der Waals surface area contributed by atoms with Crippen molar-refractivity contribution in [3.05, 3.63) is 35.4 Å². The lowest BCUT2D eigenvalue weighted by Crippen LogP contribution is -2.57. The Bertz CT molecular complexity index is 574. The summed E-state index contributed by atoms with van der Waals surface area (Å²) in [6.45, 7) is 7.81. The van der Waals surface area contributed by atoms with Gasteiger partial charge in [-0.1, -0.05) is 13.3 Å². The molecule has 1 aliphatic rings. The van der Waals surface area contributed by atoms with E-state index in [-0.39, 0.29) is 29.7 Å². The Morgan fingerprint density at radius 2 is 2.00 bits per heavy atom. The molecule has 24 heavy (non-hydrogen) atoms. The Labute approximate surface area is 142 Å². The predicted octanol–water partition coefficient (Wildman–Crippen LogP) is 2.66. The molecule has 1 saturated heterocycles. The molecule has 2 rings (SSSR count). The summed E-state index contributed by atoms with van der Waals surface area (Å²) in [7, 11) is 0. The lowest BCUT2D eigenvalue weighted by molar-refractivity contribution is -0.0160. The van der Waals surface area contributed by atoms with Gasteiger partial charge in [-0.15, -0.1) is 0 Å². The van der Waals surface area contributed by atoms with Crippen molar-refractivity contribution in [2.75, 3.05) is 19.6 Å². The molecule has 6 heteroatoms. The number of carbonyl (C=O) groups is 1. The maximum absolute atomic E-state index is 13.5. The summed E-state index contributed by atoms with van der Waals surface area (Å²) in [5.41, 5.74) is 0.160. The van der Waals surface area contributed by atoms with Crippen molar-refractivity contribution >= 4 is 5.91 Å². The van der Waals surface area contributed by atoms with Gasteiger partial charge < -0.3 is 10.0 Å². The van der Waals surface area contributed by atoms with Gasteiger partial charge >= 0.3 is 0 Å². The Balaban J connectivity index is 2.20. The van der Waals surface area contributed by atoms with E-state index in [1.54, 1.807) is 4.90 Å². The largest absolute Gasteiger partial charge is 0.390 e. The molecule has 1 fully saturated rings. The van der Waals surface area contributed by atoms with Gasteiger partial charge in [0.1, 0.15) is 0 Å². The second-order valence-electron chi connectivity index (χ2n) is 6.75. The van der Waals surface area contributed by atoms with Gasteiger partial charge in [0.15, 0.2) is 11.6 Å². The molecule has 1 heterocycles. The smallest absolute Gasteiger partial charge is 0.254 e. The van der Waals surface area contributed by atoms with Gasteiger partial charge in [-0.25, -0.2) is 8.78 Å². The fourth-order valence-corrected chi connectivity index (χ4v) is 3.24. The van der Waals surface area contributed by atoms with Gasteiger partial charge in [-0.05, 0) is 38.5 Å². The minimum Gasteiger partial charge on any atom is -0.390 e. The molecular formula is C18H26F2N2O2. The molecule has 134 valence electrons. The summed E-state index contributed by atoms with van der Waals surface area (Å²) in [6, 6.07) is 3.19. The number of hydrogen-bond donors (Lipinski definition) is 1. The van der Waals surface area contributed by atoms with Gasteiger partial charge in [-0.3, -0.25) is 9.69 Å². The normalized spacial score (nSPS) is 17.0. The average molecular weight is 340 g/mol. The molecule has 1 N–H and O–H groups in total. The zero-order chi connectivity index (χ0) is 17.9. The highest BCUT2D eigenvalue weighted by molar-refractivity contribution is 5.94. The predicted molar refractivity (Wildman–Crippen MR) is 88.8 cm³/mol.